The number of fused-ring (bicyclic) bond motifs is 1. The number of esters is 1. The summed E-state index contributed by atoms with van der Waals surface area (Å²) in [5.74, 6) is -2.48. The van der Waals surface area contributed by atoms with Gasteiger partial charge in [-0.3, -0.25) is 4.79 Å². The number of carboxylic acid groups (broad SMARTS) is 1. The number of nitrogens with zero attached hydrogens (tertiary/aromatic N) is 1. The van der Waals surface area contributed by atoms with Crippen LogP contribution in [-0.4, -0.2) is 39.4 Å². The molecule has 1 aromatic rings. The number of carbonyl (C=O) groups is 3. The summed E-state index contributed by atoms with van der Waals surface area (Å²) in [6.45, 7) is 1.33. The molecule has 0 spiro atoms. The zero-order valence-corrected chi connectivity index (χ0v) is 14.3. The Hall–Kier alpha value is -2.37. The summed E-state index contributed by atoms with van der Waals surface area (Å²) in [4.78, 5) is 38.5. The molecule has 0 radical (unpaired) electrons. The van der Waals surface area contributed by atoms with Crippen molar-refractivity contribution in [1.82, 2.24) is 4.90 Å². The molecular formula is C19H23NO5. The van der Waals surface area contributed by atoms with E-state index in [1.165, 1.54) is 11.8 Å². The van der Waals surface area contributed by atoms with Crippen LogP contribution in [0.1, 0.15) is 44.6 Å². The third-order valence-electron chi connectivity index (χ3n) is 5.41. The fraction of sp³-hybridized carbons (Fsp3) is 0.526. The summed E-state index contributed by atoms with van der Waals surface area (Å²) in [7, 11) is 0. The zero-order chi connectivity index (χ0) is 18.0. The van der Waals surface area contributed by atoms with Crippen molar-refractivity contribution >= 4 is 17.8 Å². The second kappa shape index (κ2) is 6.86. The number of rotatable bonds is 4. The predicted molar refractivity (Wildman–Crippen MR) is 89.5 cm³/mol. The number of hydrogen-bond donors (Lipinski definition) is 1. The van der Waals surface area contributed by atoms with Crippen molar-refractivity contribution in [3.8, 4) is 0 Å². The molecule has 3 atom stereocenters. The van der Waals surface area contributed by atoms with Gasteiger partial charge < -0.3 is 14.7 Å². The Morgan fingerprint density at radius 1 is 1.20 bits per heavy atom. The van der Waals surface area contributed by atoms with E-state index in [4.69, 9.17) is 4.74 Å². The van der Waals surface area contributed by atoms with Crippen molar-refractivity contribution in [3.63, 3.8) is 0 Å². The summed E-state index contributed by atoms with van der Waals surface area (Å²) in [5.41, 5.74) is -1.12. The summed E-state index contributed by atoms with van der Waals surface area (Å²) in [6.07, 6.45) is 3.67. The first kappa shape index (κ1) is 17.5. The van der Waals surface area contributed by atoms with Crippen LogP contribution >= 0.6 is 0 Å². The van der Waals surface area contributed by atoms with E-state index in [2.05, 4.69) is 0 Å². The van der Waals surface area contributed by atoms with E-state index in [1.54, 1.807) is 12.1 Å². The molecule has 134 valence electrons. The monoisotopic (exact) mass is 345 g/mol. The Balaban J connectivity index is 1.88. The second-order valence-electron chi connectivity index (χ2n) is 6.93. The largest absolute Gasteiger partial charge is 0.479 e. The number of benzene rings is 1. The van der Waals surface area contributed by atoms with E-state index in [-0.39, 0.29) is 30.9 Å². The smallest absolute Gasteiger partial charge is 0.344 e. The number of aliphatic carboxylic acids is 1. The molecule has 0 aromatic heterocycles. The maximum absolute atomic E-state index is 12.8. The number of carbonyl (C=O) groups excluding carboxylic acids is 2. The maximum atomic E-state index is 12.8. The van der Waals surface area contributed by atoms with Gasteiger partial charge in [-0.1, -0.05) is 43.2 Å². The van der Waals surface area contributed by atoms with Crippen LogP contribution in [0.15, 0.2) is 30.3 Å². The van der Waals surface area contributed by atoms with E-state index in [1.807, 2.05) is 18.2 Å². The van der Waals surface area contributed by atoms with E-state index in [0.717, 1.165) is 31.2 Å². The standard InChI is InChI=1S/C19H23NO5/c1-13(21)20-16-10-6-5-9-15(16)11-19(20,17(22)23)18(24)25-12-14-7-3-2-4-8-14/h2-4,7-8,15-16H,5-6,9-12H2,1H3,(H,22,23)/t15-,16-,19-/m0/s1. The van der Waals surface area contributed by atoms with Crippen molar-refractivity contribution in [1.29, 1.82) is 0 Å². The molecule has 1 aliphatic carbocycles. The number of carboxylic acids is 1. The minimum Gasteiger partial charge on any atom is -0.479 e. The van der Waals surface area contributed by atoms with Gasteiger partial charge in [0.25, 0.3) is 0 Å². The lowest BCUT2D eigenvalue weighted by molar-refractivity contribution is -0.175. The molecule has 1 saturated heterocycles. The lowest BCUT2D eigenvalue weighted by Gasteiger charge is -2.36. The predicted octanol–water partition coefficient (Wildman–Crippen LogP) is 2.36. The molecule has 2 fully saturated rings. The van der Waals surface area contributed by atoms with Crippen molar-refractivity contribution in [3.05, 3.63) is 35.9 Å². The third kappa shape index (κ3) is 3.01. The van der Waals surface area contributed by atoms with Crippen LogP contribution in [0.5, 0.6) is 0 Å². The first-order valence-electron chi connectivity index (χ1n) is 8.71. The summed E-state index contributed by atoms with van der Waals surface area (Å²) in [6, 6.07) is 8.91. The normalized spacial score (nSPS) is 28.3. The van der Waals surface area contributed by atoms with Crippen molar-refractivity contribution in [2.75, 3.05) is 0 Å². The molecule has 1 aromatic carbocycles. The lowest BCUT2D eigenvalue weighted by Crippen LogP contribution is -2.60. The summed E-state index contributed by atoms with van der Waals surface area (Å²) in [5, 5.41) is 9.90. The van der Waals surface area contributed by atoms with Crippen molar-refractivity contribution in [2.24, 2.45) is 5.92 Å². The molecule has 3 rings (SSSR count). The molecule has 6 heteroatoms. The van der Waals surface area contributed by atoms with Gasteiger partial charge in [0.15, 0.2) is 0 Å². The fourth-order valence-corrected chi connectivity index (χ4v) is 4.33. The molecule has 1 amide bonds. The third-order valence-corrected chi connectivity index (χ3v) is 5.41. The highest BCUT2D eigenvalue weighted by Gasteiger charge is 2.63. The highest BCUT2D eigenvalue weighted by molar-refractivity contribution is 6.07. The zero-order valence-electron chi connectivity index (χ0n) is 14.3. The van der Waals surface area contributed by atoms with Crippen LogP contribution in [-0.2, 0) is 25.7 Å². The van der Waals surface area contributed by atoms with Gasteiger partial charge in [-0.2, -0.15) is 0 Å². The van der Waals surface area contributed by atoms with E-state index < -0.39 is 17.5 Å². The van der Waals surface area contributed by atoms with Gasteiger partial charge >= 0.3 is 11.9 Å². The molecule has 1 heterocycles. The number of hydrogen-bond acceptors (Lipinski definition) is 4. The molecule has 1 N–H and O–H groups in total. The second-order valence-corrected chi connectivity index (χ2v) is 6.93. The van der Waals surface area contributed by atoms with Crippen molar-refractivity contribution < 1.29 is 24.2 Å². The Morgan fingerprint density at radius 2 is 1.88 bits per heavy atom. The van der Waals surface area contributed by atoms with Gasteiger partial charge in [-0.05, 0) is 30.7 Å². The Morgan fingerprint density at radius 3 is 2.52 bits per heavy atom. The molecule has 25 heavy (non-hydrogen) atoms. The van der Waals surface area contributed by atoms with Crippen LogP contribution in [0, 0.1) is 5.92 Å². The van der Waals surface area contributed by atoms with Gasteiger partial charge in [0, 0.05) is 13.0 Å². The highest BCUT2D eigenvalue weighted by atomic mass is 16.5. The van der Waals surface area contributed by atoms with Gasteiger partial charge in [0.05, 0.1) is 0 Å². The minimum atomic E-state index is -1.90. The van der Waals surface area contributed by atoms with Gasteiger partial charge in [0.1, 0.15) is 6.61 Å². The number of likely N-dealkylation sites (tertiary alicyclic amines) is 1. The SMILES string of the molecule is CC(=O)N1[C@H]2CCCC[C@H]2C[C@]1(C(=O)O)C(=O)OCc1ccccc1. The van der Waals surface area contributed by atoms with Gasteiger partial charge in [-0.15, -0.1) is 0 Å². The van der Waals surface area contributed by atoms with Crippen molar-refractivity contribution in [2.45, 2.75) is 57.2 Å². The van der Waals surface area contributed by atoms with Gasteiger partial charge in [-0.25, -0.2) is 9.59 Å². The first-order chi connectivity index (χ1) is 12.0. The maximum Gasteiger partial charge on any atom is 0.344 e. The molecule has 2 aliphatic rings. The Labute approximate surface area is 146 Å². The number of ether oxygens (including phenoxy) is 1. The summed E-state index contributed by atoms with van der Waals surface area (Å²) >= 11 is 0. The molecule has 0 bridgehead atoms. The van der Waals surface area contributed by atoms with E-state index >= 15 is 0 Å². The Bertz CT molecular complexity index is 674. The Kier molecular flexibility index (Phi) is 4.79. The number of amides is 1. The van der Waals surface area contributed by atoms with Crippen LogP contribution in [0.25, 0.3) is 0 Å². The van der Waals surface area contributed by atoms with Gasteiger partial charge in [0.2, 0.25) is 11.4 Å². The topological polar surface area (TPSA) is 83.9 Å². The lowest BCUT2D eigenvalue weighted by atomic mass is 9.83. The molecule has 6 nitrogen and oxygen atoms in total. The quantitative estimate of drug-likeness (QED) is 0.669. The summed E-state index contributed by atoms with van der Waals surface area (Å²) < 4.78 is 5.35. The fourth-order valence-electron chi connectivity index (χ4n) is 4.33. The average Bonchev–Trinajstić information content (AvgIpc) is 2.97. The van der Waals surface area contributed by atoms with Crippen LogP contribution in [0.4, 0.5) is 0 Å². The molecule has 0 unspecified atom stereocenters. The molecular weight excluding hydrogens is 322 g/mol. The van der Waals surface area contributed by atoms with Crippen LogP contribution in [0.3, 0.4) is 0 Å². The average molecular weight is 345 g/mol. The van der Waals surface area contributed by atoms with Crippen LogP contribution in [0.2, 0.25) is 0 Å². The highest BCUT2D eigenvalue weighted by Crippen LogP contribution is 2.46. The molecule has 1 saturated carbocycles. The first-order valence-corrected chi connectivity index (χ1v) is 8.71. The van der Waals surface area contributed by atoms with E-state index in [0.29, 0.717) is 0 Å². The van der Waals surface area contributed by atoms with E-state index in [9.17, 15) is 19.5 Å². The minimum absolute atomic E-state index is 0.00419. The molecule has 1 aliphatic heterocycles. The van der Waals surface area contributed by atoms with Crippen LogP contribution < -0.4 is 0 Å².